The lowest BCUT2D eigenvalue weighted by Crippen LogP contribution is -2.60. The Morgan fingerprint density at radius 1 is 1.44 bits per heavy atom. The summed E-state index contributed by atoms with van der Waals surface area (Å²) in [6, 6.07) is 1.44. The van der Waals surface area contributed by atoms with Gasteiger partial charge in [-0.25, -0.2) is 0 Å². The molecule has 0 unspecified atom stereocenters. The van der Waals surface area contributed by atoms with E-state index in [9.17, 15) is 14.4 Å². The molecule has 2 heterocycles. The molecule has 2 rings (SSSR count). The van der Waals surface area contributed by atoms with E-state index in [1.807, 2.05) is 0 Å². The lowest BCUT2D eigenvalue weighted by molar-refractivity contribution is -0.120. The molecule has 96 valence electrons. The molecule has 6 heteroatoms. The van der Waals surface area contributed by atoms with Gasteiger partial charge in [0.2, 0.25) is 11.5 Å². The highest BCUT2D eigenvalue weighted by Crippen LogP contribution is 2.14. The van der Waals surface area contributed by atoms with Crippen molar-refractivity contribution >= 4 is 11.8 Å². The van der Waals surface area contributed by atoms with Crippen molar-refractivity contribution in [1.29, 1.82) is 0 Å². The van der Waals surface area contributed by atoms with Gasteiger partial charge in [0.15, 0.2) is 0 Å². The summed E-state index contributed by atoms with van der Waals surface area (Å²) in [6.45, 7) is 4.21. The first-order valence-electron chi connectivity index (χ1n) is 5.73. The summed E-state index contributed by atoms with van der Waals surface area (Å²) in [4.78, 5) is 38.1. The van der Waals surface area contributed by atoms with Crippen LogP contribution < -0.4 is 10.9 Å². The summed E-state index contributed by atoms with van der Waals surface area (Å²) >= 11 is 0. The molecule has 0 radical (unpaired) electrons. The molecule has 1 fully saturated rings. The van der Waals surface area contributed by atoms with Crippen LogP contribution in [0.2, 0.25) is 0 Å². The van der Waals surface area contributed by atoms with E-state index in [0.29, 0.717) is 24.2 Å². The van der Waals surface area contributed by atoms with Crippen LogP contribution in [-0.2, 0) is 4.79 Å². The zero-order valence-electron chi connectivity index (χ0n) is 10.3. The average Bonchev–Trinajstić information content (AvgIpc) is 2.21. The second kappa shape index (κ2) is 4.64. The maximum Gasteiger partial charge on any atom is 0.255 e. The molecule has 1 aliphatic heterocycles. The smallest absolute Gasteiger partial charge is 0.255 e. The van der Waals surface area contributed by atoms with Crippen molar-refractivity contribution in [3.63, 3.8) is 0 Å². The quantitative estimate of drug-likeness (QED) is 0.751. The fraction of sp³-hybridized carbons (Fsp3) is 0.417. The van der Waals surface area contributed by atoms with Crippen molar-refractivity contribution in [3.8, 4) is 0 Å². The second-order valence-corrected chi connectivity index (χ2v) is 4.50. The van der Waals surface area contributed by atoms with E-state index in [0.717, 1.165) is 0 Å². The molecule has 0 saturated carbocycles. The highest BCUT2D eigenvalue weighted by Gasteiger charge is 2.32. The zero-order chi connectivity index (χ0) is 13.3. The van der Waals surface area contributed by atoms with Gasteiger partial charge in [0.25, 0.3) is 5.91 Å². The van der Waals surface area contributed by atoms with Gasteiger partial charge >= 0.3 is 0 Å². The molecule has 2 amide bonds. The molecule has 2 N–H and O–H groups in total. The summed E-state index contributed by atoms with van der Waals surface area (Å²) < 4.78 is 0. The number of aryl methyl sites for hydroxylation is 1. The maximum absolute atomic E-state index is 12.1. The van der Waals surface area contributed by atoms with Crippen LogP contribution in [0.15, 0.2) is 17.1 Å². The number of amides is 2. The van der Waals surface area contributed by atoms with Crippen LogP contribution in [0.25, 0.3) is 0 Å². The van der Waals surface area contributed by atoms with Crippen molar-refractivity contribution in [2.75, 3.05) is 13.1 Å². The number of hydrogen-bond acceptors (Lipinski definition) is 3. The van der Waals surface area contributed by atoms with Crippen LogP contribution in [0, 0.1) is 6.92 Å². The number of rotatable bonds is 2. The van der Waals surface area contributed by atoms with Crippen LogP contribution in [0.4, 0.5) is 0 Å². The van der Waals surface area contributed by atoms with Crippen molar-refractivity contribution in [2.24, 2.45) is 0 Å². The summed E-state index contributed by atoms with van der Waals surface area (Å²) in [5, 5.41) is 2.75. The van der Waals surface area contributed by atoms with Gasteiger partial charge < -0.3 is 15.2 Å². The van der Waals surface area contributed by atoms with Gasteiger partial charge in [-0.15, -0.1) is 0 Å². The van der Waals surface area contributed by atoms with Crippen LogP contribution >= 0.6 is 0 Å². The summed E-state index contributed by atoms with van der Waals surface area (Å²) in [7, 11) is 0. The molecule has 0 atom stereocenters. The monoisotopic (exact) mass is 249 g/mol. The van der Waals surface area contributed by atoms with Crippen LogP contribution in [0.5, 0.6) is 0 Å². The average molecular weight is 249 g/mol. The SMILES string of the molecule is CC(=O)NC1CN(C(=O)c2c[nH]c(=O)cc2C)C1. The summed E-state index contributed by atoms with van der Waals surface area (Å²) in [5.74, 6) is -0.210. The molecule has 0 bridgehead atoms. The fourth-order valence-electron chi connectivity index (χ4n) is 2.00. The van der Waals surface area contributed by atoms with Crippen LogP contribution in [0.3, 0.4) is 0 Å². The second-order valence-electron chi connectivity index (χ2n) is 4.50. The van der Waals surface area contributed by atoms with E-state index in [1.165, 1.54) is 19.2 Å². The third kappa shape index (κ3) is 2.42. The van der Waals surface area contributed by atoms with Crippen molar-refractivity contribution in [1.82, 2.24) is 15.2 Å². The predicted octanol–water partition coefficient (Wildman–Crippen LogP) is -0.356. The van der Waals surface area contributed by atoms with E-state index < -0.39 is 0 Å². The standard InChI is InChI=1S/C12H15N3O3/c1-7-3-11(17)13-4-10(7)12(18)15-5-9(6-15)14-8(2)16/h3-4,9H,5-6H2,1-2H3,(H,13,17)(H,14,16). The number of aromatic amines is 1. The molecule has 0 spiro atoms. The van der Waals surface area contributed by atoms with Gasteiger partial charge in [-0.2, -0.15) is 0 Å². The lowest BCUT2D eigenvalue weighted by Gasteiger charge is -2.39. The lowest BCUT2D eigenvalue weighted by atomic mass is 10.1. The zero-order valence-corrected chi connectivity index (χ0v) is 10.3. The molecular weight excluding hydrogens is 234 g/mol. The minimum atomic E-state index is -0.219. The Bertz CT molecular complexity index is 544. The normalized spacial score (nSPS) is 15.1. The number of carbonyl (C=O) groups is 2. The molecule has 0 aliphatic carbocycles. The predicted molar refractivity (Wildman–Crippen MR) is 65.3 cm³/mol. The number of nitrogens with one attached hydrogen (secondary N) is 2. The molecule has 1 aromatic heterocycles. The summed E-state index contributed by atoms with van der Waals surface area (Å²) in [6.07, 6.45) is 1.44. The molecule has 1 aromatic rings. The molecule has 6 nitrogen and oxygen atoms in total. The third-order valence-corrected chi connectivity index (χ3v) is 2.94. The number of likely N-dealkylation sites (tertiary alicyclic amines) is 1. The van der Waals surface area contributed by atoms with Crippen molar-refractivity contribution < 1.29 is 9.59 Å². The van der Waals surface area contributed by atoms with Gasteiger partial charge in [-0.3, -0.25) is 14.4 Å². The largest absolute Gasteiger partial charge is 0.350 e. The number of carbonyl (C=O) groups excluding carboxylic acids is 2. The minimum Gasteiger partial charge on any atom is -0.350 e. The van der Waals surface area contributed by atoms with Crippen LogP contribution in [-0.4, -0.2) is 40.8 Å². The highest BCUT2D eigenvalue weighted by atomic mass is 16.2. The first-order valence-corrected chi connectivity index (χ1v) is 5.73. The summed E-state index contributed by atoms with van der Waals surface area (Å²) in [5.41, 5.74) is 0.936. The van der Waals surface area contributed by atoms with Crippen LogP contribution in [0.1, 0.15) is 22.8 Å². The number of H-pyrrole nitrogens is 1. The highest BCUT2D eigenvalue weighted by molar-refractivity contribution is 5.96. The number of nitrogens with zero attached hydrogens (tertiary/aromatic N) is 1. The Hall–Kier alpha value is -2.11. The van der Waals surface area contributed by atoms with E-state index in [1.54, 1.807) is 11.8 Å². The fourth-order valence-corrected chi connectivity index (χ4v) is 2.00. The van der Waals surface area contributed by atoms with Crippen molar-refractivity contribution in [2.45, 2.75) is 19.9 Å². The van der Waals surface area contributed by atoms with Gasteiger partial charge in [0.05, 0.1) is 11.6 Å². The Balaban J connectivity index is 2.02. The molecule has 0 aromatic carbocycles. The Morgan fingerprint density at radius 3 is 2.67 bits per heavy atom. The number of hydrogen-bond donors (Lipinski definition) is 2. The Morgan fingerprint density at radius 2 is 2.11 bits per heavy atom. The van der Waals surface area contributed by atoms with E-state index in [4.69, 9.17) is 0 Å². The Labute approximate surface area is 104 Å². The molecule has 1 aliphatic rings. The number of aromatic nitrogens is 1. The van der Waals surface area contributed by atoms with Gasteiger partial charge in [-0.05, 0) is 12.5 Å². The Kier molecular flexibility index (Phi) is 3.18. The van der Waals surface area contributed by atoms with Gasteiger partial charge in [-0.1, -0.05) is 0 Å². The maximum atomic E-state index is 12.1. The van der Waals surface area contributed by atoms with E-state index in [-0.39, 0.29) is 23.4 Å². The van der Waals surface area contributed by atoms with Gasteiger partial charge in [0.1, 0.15) is 0 Å². The minimum absolute atomic E-state index is 0.0366. The van der Waals surface area contributed by atoms with Gasteiger partial charge in [0, 0.05) is 32.3 Å². The van der Waals surface area contributed by atoms with Crippen molar-refractivity contribution in [3.05, 3.63) is 33.7 Å². The first kappa shape index (κ1) is 12.3. The first-order chi connectivity index (χ1) is 8.47. The van der Waals surface area contributed by atoms with E-state index >= 15 is 0 Å². The molecular formula is C12H15N3O3. The third-order valence-electron chi connectivity index (χ3n) is 2.94. The number of pyridine rings is 1. The van der Waals surface area contributed by atoms with E-state index in [2.05, 4.69) is 10.3 Å². The topological polar surface area (TPSA) is 82.3 Å². The molecule has 1 saturated heterocycles. The molecule has 18 heavy (non-hydrogen) atoms.